The van der Waals surface area contributed by atoms with Gasteiger partial charge in [-0.3, -0.25) is 0 Å². The van der Waals surface area contributed by atoms with Crippen LogP contribution in [0.15, 0.2) is 218 Å². The largest absolute Gasteiger partial charge is 0.227 e. The van der Waals surface area contributed by atoms with E-state index in [1.54, 1.807) is 0 Å². The molecule has 9 aromatic carbocycles. The average molecular weight is 713 g/mol. The molecule has 1 heterocycles. The Morgan fingerprint density at radius 2 is 0.696 bits per heavy atom. The zero-order chi connectivity index (χ0) is 37.3. The predicted octanol–water partition coefficient (Wildman–Crippen LogP) is 14.5. The van der Waals surface area contributed by atoms with Crippen LogP contribution in [0.25, 0.3) is 100.0 Å². The van der Waals surface area contributed by atoms with Crippen molar-refractivity contribution in [1.29, 1.82) is 0 Å². The van der Waals surface area contributed by atoms with Gasteiger partial charge in [-0.15, -0.1) is 0 Å². The van der Waals surface area contributed by atoms with Gasteiger partial charge in [-0.25, -0.2) is 9.97 Å². The molecule has 0 unspecified atom stereocenters. The molecule has 0 amide bonds. The van der Waals surface area contributed by atoms with Crippen LogP contribution in [0, 0.1) is 0 Å². The molecule has 0 fully saturated rings. The number of hydrogen-bond acceptors (Lipinski definition) is 2. The maximum absolute atomic E-state index is 5.39. The topological polar surface area (TPSA) is 25.8 Å². The molecule has 0 radical (unpaired) electrons. The molecule has 0 atom stereocenters. The van der Waals surface area contributed by atoms with E-state index in [1.807, 2.05) is 0 Å². The number of rotatable bonds is 7. The van der Waals surface area contributed by atoms with Gasteiger partial charge in [0, 0.05) is 21.9 Å². The summed E-state index contributed by atoms with van der Waals surface area (Å²) in [6, 6.07) is 77.6. The molecule has 262 valence electrons. The van der Waals surface area contributed by atoms with Crippen LogP contribution in [0.5, 0.6) is 0 Å². The summed E-state index contributed by atoms with van der Waals surface area (Å²) in [5.74, 6) is 0.701. The minimum Gasteiger partial charge on any atom is -0.227 e. The van der Waals surface area contributed by atoms with E-state index < -0.39 is 0 Å². The van der Waals surface area contributed by atoms with Crippen molar-refractivity contribution >= 4 is 21.7 Å². The van der Waals surface area contributed by atoms with Gasteiger partial charge in [-0.2, -0.15) is 0 Å². The standard InChI is InChI=1S/C54H36N2/c1-4-13-37(14-5-1)45-20-10-22-47(35-45)39-25-29-43(30-26-39)52-50-34-33-42-19-12-24-49(41-17-8-3-9-18-41)51(42)53(50)56-54(55-52)44-31-27-40(28-32-44)48-23-11-21-46(36-48)38-15-6-2-7-16-38/h1-36H. The molecule has 0 aliphatic heterocycles. The highest BCUT2D eigenvalue weighted by molar-refractivity contribution is 6.15. The zero-order valence-corrected chi connectivity index (χ0v) is 30.7. The van der Waals surface area contributed by atoms with Crippen LogP contribution in [0.3, 0.4) is 0 Å². The third-order valence-corrected chi connectivity index (χ3v) is 10.7. The number of aromatic nitrogens is 2. The van der Waals surface area contributed by atoms with E-state index in [9.17, 15) is 0 Å². The number of fused-ring (bicyclic) bond motifs is 3. The highest BCUT2D eigenvalue weighted by Gasteiger charge is 2.17. The summed E-state index contributed by atoms with van der Waals surface area (Å²) >= 11 is 0. The fraction of sp³-hybridized carbons (Fsp3) is 0. The van der Waals surface area contributed by atoms with Gasteiger partial charge in [0.15, 0.2) is 5.82 Å². The van der Waals surface area contributed by atoms with Gasteiger partial charge in [0.25, 0.3) is 0 Å². The minimum absolute atomic E-state index is 0.701. The summed E-state index contributed by atoms with van der Waals surface area (Å²) in [6.07, 6.45) is 0. The van der Waals surface area contributed by atoms with Gasteiger partial charge in [0.05, 0.1) is 11.2 Å². The van der Waals surface area contributed by atoms with E-state index in [-0.39, 0.29) is 0 Å². The summed E-state index contributed by atoms with van der Waals surface area (Å²) in [5.41, 5.74) is 15.7. The second kappa shape index (κ2) is 14.4. The molecule has 2 nitrogen and oxygen atoms in total. The first kappa shape index (κ1) is 33.2. The molecule has 0 N–H and O–H groups in total. The van der Waals surface area contributed by atoms with Gasteiger partial charge in [-0.05, 0) is 79.2 Å². The SMILES string of the molecule is c1ccc(-c2cccc(-c3ccc(-c4nc(-c5ccc(-c6cccc(-c7ccccc7)c6)cc5)c5ccc6cccc(-c7ccccc7)c6c5n4)cc3)c2)cc1. The summed E-state index contributed by atoms with van der Waals surface area (Å²) in [6.45, 7) is 0. The molecule has 10 aromatic rings. The quantitative estimate of drug-likeness (QED) is 0.154. The fourth-order valence-corrected chi connectivity index (χ4v) is 7.82. The predicted molar refractivity (Wildman–Crippen MR) is 235 cm³/mol. The van der Waals surface area contributed by atoms with Crippen LogP contribution in [0.1, 0.15) is 0 Å². The van der Waals surface area contributed by atoms with Crippen molar-refractivity contribution in [3.05, 3.63) is 218 Å². The van der Waals surface area contributed by atoms with Crippen LogP contribution in [0.4, 0.5) is 0 Å². The summed E-state index contributed by atoms with van der Waals surface area (Å²) < 4.78 is 0. The lowest BCUT2D eigenvalue weighted by atomic mass is 9.94. The highest BCUT2D eigenvalue weighted by Crippen LogP contribution is 2.39. The fourth-order valence-electron chi connectivity index (χ4n) is 7.82. The Labute approximate surface area is 327 Å². The Kier molecular flexibility index (Phi) is 8.55. The van der Waals surface area contributed by atoms with Gasteiger partial charge < -0.3 is 0 Å². The van der Waals surface area contributed by atoms with E-state index in [0.717, 1.165) is 60.8 Å². The Bertz CT molecular complexity index is 2970. The summed E-state index contributed by atoms with van der Waals surface area (Å²) in [5, 5.41) is 3.30. The van der Waals surface area contributed by atoms with Crippen molar-refractivity contribution in [3.8, 4) is 78.3 Å². The van der Waals surface area contributed by atoms with Crippen LogP contribution < -0.4 is 0 Å². The zero-order valence-electron chi connectivity index (χ0n) is 30.7. The van der Waals surface area contributed by atoms with Crippen molar-refractivity contribution < 1.29 is 0 Å². The number of hydrogen-bond donors (Lipinski definition) is 0. The van der Waals surface area contributed by atoms with Crippen molar-refractivity contribution in [1.82, 2.24) is 9.97 Å². The Morgan fingerprint density at radius 1 is 0.268 bits per heavy atom. The summed E-state index contributed by atoms with van der Waals surface area (Å²) in [4.78, 5) is 10.7. The van der Waals surface area contributed by atoms with E-state index in [1.165, 1.54) is 33.4 Å². The first-order valence-electron chi connectivity index (χ1n) is 19.1. The van der Waals surface area contributed by atoms with E-state index in [4.69, 9.17) is 9.97 Å². The molecule has 0 aliphatic carbocycles. The molecule has 0 spiro atoms. The second-order valence-electron chi connectivity index (χ2n) is 14.2. The molecule has 10 rings (SSSR count). The maximum atomic E-state index is 5.39. The Hall–Kier alpha value is -7.42. The minimum atomic E-state index is 0.701. The monoisotopic (exact) mass is 712 g/mol. The highest BCUT2D eigenvalue weighted by atomic mass is 14.9. The van der Waals surface area contributed by atoms with Gasteiger partial charge in [0.2, 0.25) is 0 Å². The Balaban J connectivity index is 1.10. The normalized spacial score (nSPS) is 11.2. The van der Waals surface area contributed by atoms with Gasteiger partial charge in [-0.1, -0.05) is 200 Å². The molecule has 2 heteroatoms. The third-order valence-electron chi connectivity index (χ3n) is 10.7. The lowest BCUT2D eigenvalue weighted by molar-refractivity contribution is 1.23. The van der Waals surface area contributed by atoms with E-state index in [0.29, 0.717) is 5.82 Å². The molecule has 0 aliphatic rings. The van der Waals surface area contributed by atoms with E-state index in [2.05, 4.69) is 218 Å². The van der Waals surface area contributed by atoms with Crippen molar-refractivity contribution in [2.24, 2.45) is 0 Å². The molecule has 1 aromatic heterocycles. The molecule has 56 heavy (non-hydrogen) atoms. The number of nitrogens with zero attached hydrogens (tertiary/aromatic N) is 2. The molecule has 0 saturated carbocycles. The van der Waals surface area contributed by atoms with Crippen molar-refractivity contribution in [2.75, 3.05) is 0 Å². The first-order valence-corrected chi connectivity index (χ1v) is 19.1. The summed E-state index contributed by atoms with van der Waals surface area (Å²) in [7, 11) is 0. The van der Waals surface area contributed by atoms with Gasteiger partial charge >= 0.3 is 0 Å². The number of benzene rings is 9. The molecular formula is C54H36N2. The lowest BCUT2D eigenvalue weighted by Crippen LogP contribution is -1.97. The molecular weight excluding hydrogens is 677 g/mol. The first-order chi connectivity index (χ1) is 27.7. The average Bonchev–Trinajstić information content (AvgIpc) is 3.29. The van der Waals surface area contributed by atoms with Crippen molar-refractivity contribution in [2.45, 2.75) is 0 Å². The smallest absolute Gasteiger partial charge is 0.160 e. The van der Waals surface area contributed by atoms with Crippen LogP contribution >= 0.6 is 0 Å². The second-order valence-corrected chi connectivity index (χ2v) is 14.2. The Morgan fingerprint density at radius 3 is 1.23 bits per heavy atom. The molecule has 0 bridgehead atoms. The van der Waals surface area contributed by atoms with Crippen LogP contribution in [0.2, 0.25) is 0 Å². The van der Waals surface area contributed by atoms with Crippen LogP contribution in [-0.2, 0) is 0 Å². The van der Waals surface area contributed by atoms with Crippen LogP contribution in [-0.4, -0.2) is 9.97 Å². The van der Waals surface area contributed by atoms with Gasteiger partial charge in [0.1, 0.15) is 0 Å². The van der Waals surface area contributed by atoms with E-state index >= 15 is 0 Å². The lowest BCUT2D eigenvalue weighted by Gasteiger charge is -2.15. The molecule has 0 saturated heterocycles. The third kappa shape index (κ3) is 6.34. The maximum Gasteiger partial charge on any atom is 0.160 e. The van der Waals surface area contributed by atoms with Crippen molar-refractivity contribution in [3.63, 3.8) is 0 Å².